The summed E-state index contributed by atoms with van der Waals surface area (Å²) in [7, 11) is 3.96. The molecule has 1 saturated heterocycles. The lowest BCUT2D eigenvalue weighted by Crippen LogP contribution is -2.32. The number of Topliss-reactive ketones (excluding diaryl/α,β-unsaturated/α-hetero) is 1. The molecule has 3 rings (SSSR count). The quantitative estimate of drug-likeness (QED) is 0.401. The van der Waals surface area contributed by atoms with Gasteiger partial charge in [0.1, 0.15) is 5.76 Å². The van der Waals surface area contributed by atoms with E-state index in [-0.39, 0.29) is 16.7 Å². The van der Waals surface area contributed by atoms with Gasteiger partial charge < -0.3 is 14.9 Å². The van der Waals surface area contributed by atoms with E-state index in [0.29, 0.717) is 12.1 Å². The molecule has 1 aromatic heterocycles. The predicted octanol–water partition coefficient (Wildman–Crippen LogP) is 4.73. The monoisotopic (exact) mass is 440 g/mol. The molecule has 1 N–H and O–H groups in total. The van der Waals surface area contributed by atoms with Crippen molar-refractivity contribution < 1.29 is 14.7 Å². The smallest absolute Gasteiger partial charge is 0.295 e. The molecule has 0 radical (unpaired) electrons. The first-order chi connectivity index (χ1) is 14.5. The molecule has 1 aliphatic heterocycles. The fourth-order valence-electron chi connectivity index (χ4n) is 3.90. The van der Waals surface area contributed by atoms with Gasteiger partial charge in [-0.3, -0.25) is 9.59 Å². The van der Waals surface area contributed by atoms with Gasteiger partial charge in [-0.15, -0.1) is 11.3 Å². The van der Waals surface area contributed by atoms with Crippen molar-refractivity contribution in [2.75, 3.05) is 27.2 Å². The molecule has 2 heterocycles. The molecular formula is C25H32N2O3S. The zero-order valence-corrected chi connectivity index (χ0v) is 20.0. The van der Waals surface area contributed by atoms with Crippen LogP contribution in [0.1, 0.15) is 54.8 Å². The Kier molecular flexibility index (Phi) is 6.72. The first-order valence-corrected chi connectivity index (χ1v) is 11.5. The average molecular weight is 441 g/mol. The number of aryl methyl sites for hydroxylation is 1. The summed E-state index contributed by atoms with van der Waals surface area (Å²) in [5.74, 6) is -1.24. The third-order valence-corrected chi connectivity index (χ3v) is 6.64. The number of carbonyl (C=O) groups excluding carboxylic acids is 2. The molecule has 1 aliphatic rings. The third-order valence-electron chi connectivity index (χ3n) is 5.72. The van der Waals surface area contributed by atoms with Crippen LogP contribution in [0.15, 0.2) is 41.3 Å². The zero-order valence-electron chi connectivity index (χ0n) is 19.2. The van der Waals surface area contributed by atoms with Gasteiger partial charge >= 0.3 is 0 Å². The van der Waals surface area contributed by atoms with Crippen molar-refractivity contribution in [2.45, 2.75) is 45.6 Å². The van der Waals surface area contributed by atoms with Gasteiger partial charge in [0.2, 0.25) is 0 Å². The predicted molar refractivity (Wildman–Crippen MR) is 126 cm³/mol. The number of thiophene rings is 1. The lowest BCUT2D eigenvalue weighted by atomic mass is 9.84. The van der Waals surface area contributed by atoms with Gasteiger partial charge in [-0.1, -0.05) is 39.0 Å². The SMILES string of the molecule is Cc1ccc(C(C)(C)C)cc1/C(O)=C1\C(=O)C(=O)N(CCCN(C)C)C1c1cccs1. The lowest BCUT2D eigenvalue weighted by molar-refractivity contribution is -0.139. The minimum Gasteiger partial charge on any atom is -0.507 e. The van der Waals surface area contributed by atoms with Gasteiger partial charge in [-0.05, 0) is 68.0 Å². The van der Waals surface area contributed by atoms with Gasteiger partial charge in [0, 0.05) is 17.0 Å². The van der Waals surface area contributed by atoms with Gasteiger partial charge in [-0.2, -0.15) is 0 Å². The fourth-order valence-corrected chi connectivity index (χ4v) is 4.74. The van der Waals surface area contributed by atoms with Crippen LogP contribution in [0.4, 0.5) is 0 Å². The van der Waals surface area contributed by atoms with Crippen LogP contribution in [0.5, 0.6) is 0 Å². The van der Waals surface area contributed by atoms with Crippen molar-refractivity contribution in [3.8, 4) is 0 Å². The van der Waals surface area contributed by atoms with E-state index < -0.39 is 17.7 Å². The minimum atomic E-state index is -0.610. The number of ketones is 1. The molecule has 1 fully saturated rings. The van der Waals surface area contributed by atoms with Crippen LogP contribution in [0.3, 0.4) is 0 Å². The number of amides is 1. The molecule has 1 amide bonds. The van der Waals surface area contributed by atoms with Gasteiger partial charge in [0.25, 0.3) is 11.7 Å². The van der Waals surface area contributed by atoms with Crippen LogP contribution < -0.4 is 0 Å². The summed E-state index contributed by atoms with van der Waals surface area (Å²) >= 11 is 1.49. The number of carbonyl (C=O) groups is 2. The van der Waals surface area contributed by atoms with Gasteiger partial charge in [-0.25, -0.2) is 0 Å². The molecule has 0 aliphatic carbocycles. The molecule has 1 aromatic carbocycles. The maximum atomic E-state index is 13.1. The van der Waals surface area contributed by atoms with E-state index in [1.807, 2.05) is 56.7 Å². The number of aliphatic hydroxyl groups excluding tert-OH is 1. The number of nitrogens with zero attached hydrogens (tertiary/aromatic N) is 2. The van der Waals surface area contributed by atoms with Gasteiger partial charge in [0.05, 0.1) is 11.6 Å². The Morgan fingerprint density at radius 2 is 1.90 bits per heavy atom. The summed E-state index contributed by atoms with van der Waals surface area (Å²) in [6.07, 6.45) is 0.750. The maximum Gasteiger partial charge on any atom is 0.295 e. The van der Waals surface area contributed by atoms with E-state index in [9.17, 15) is 14.7 Å². The van der Waals surface area contributed by atoms with E-state index in [1.54, 1.807) is 4.90 Å². The number of likely N-dealkylation sites (tertiary alicyclic amines) is 1. The summed E-state index contributed by atoms with van der Waals surface area (Å²) in [6, 6.07) is 9.22. The molecule has 1 unspecified atom stereocenters. The largest absolute Gasteiger partial charge is 0.507 e. The van der Waals surface area contributed by atoms with Crippen LogP contribution >= 0.6 is 11.3 Å². The van der Waals surface area contributed by atoms with Crippen LogP contribution in [-0.2, 0) is 15.0 Å². The minimum absolute atomic E-state index is 0.0875. The Morgan fingerprint density at radius 1 is 1.19 bits per heavy atom. The Hall–Kier alpha value is -2.44. The Morgan fingerprint density at radius 3 is 2.48 bits per heavy atom. The van der Waals surface area contributed by atoms with Crippen LogP contribution in [0, 0.1) is 6.92 Å². The topological polar surface area (TPSA) is 60.9 Å². The standard InChI is InChI=1S/C25H32N2O3S/c1-16-10-11-17(25(2,3)4)15-18(16)22(28)20-21(19-9-7-14-31-19)27(24(30)23(20)29)13-8-12-26(5)6/h7,9-11,14-15,21,28H,8,12-13H2,1-6H3/b22-20+. The fraction of sp³-hybridized carbons (Fsp3) is 0.440. The van der Waals surface area contributed by atoms with Crippen molar-refractivity contribution in [1.82, 2.24) is 9.80 Å². The summed E-state index contributed by atoms with van der Waals surface area (Å²) in [6.45, 7) is 9.51. The zero-order chi connectivity index (χ0) is 22.9. The second-order valence-electron chi connectivity index (χ2n) is 9.44. The summed E-state index contributed by atoms with van der Waals surface area (Å²) in [5, 5.41) is 13.3. The molecular weight excluding hydrogens is 408 g/mol. The molecule has 0 bridgehead atoms. The van der Waals surface area contributed by atoms with E-state index >= 15 is 0 Å². The van der Waals surface area contributed by atoms with E-state index in [4.69, 9.17) is 0 Å². The molecule has 0 saturated carbocycles. The number of hydrogen-bond acceptors (Lipinski definition) is 5. The maximum absolute atomic E-state index is 13.1. The first-order valence-electron chi connectivity index (χ1n) is 10.6. The first kappa shape index (κ1) is 23.2. The van der Waals surface area contributed by atoms with E-state index in [0.717, 1.165) is 29.0 Å². The molecule has 1 atom stereocenters. The van der Waals surface area contributed by atoms with Gasteiger partial charge in [0.15, 0.2) is 0 Å². The van der Waals surface area contributed by atoms with Crippen LogP contribution in [-0.4, -0.2) is 53.8 Å². The molecule has 31 heavy (non-hydrogen) atoms. The van der Waals surface area contributed by atoms with Crippen LogP contribution in [0.25, 0.3) is 5.76 Å². The summed E-state index contributed by atoms with van der Waals surface area (Å²) < 4.78 is 0. The van der Waals surface area contributed by atoms with Crippen LogP contribution in [0.2, 0.25) is 0 Å². The number of aliphatic hydroxyl groups is 1. The van der Waals surface area contributed by atoms with Crippen molar-refractivity contribution in [2.24, 2.45) is 0 Å². The normalized spacial score (nSPS) is 18.9. The lowest BCUT2D eigenvalue weighted by Gasteiger charge is -2.25. The molecule has 0 spiro atoms. The second-order valence-corrected chi connectivity index (χ2v) is 10.4. The van der Waals surface area contributed by atoms with E-state index in [2.05, 4.69) is 25.7 Å². The highest BCUT2D eigenvalue weighted by Crippen LogP contribution is 2.42. The highest BCUT2D eigenvalue weighted by atomic mass is 32.1. The summed E-state index contributed by atoms with van der Waals surface area (Å²) in [5.41, 5.74) is 2.63. The highest BCUT2D eigenvalue weighted by molar-refractivity contribution is 7.10. The molecule has 5 nitrogen and oxygen atoms in total. The number of benzene rings is 1. The highest BCUT2D eigenvalue weighted by Gasteiger charge is 2.46. The average Bonchev–Trinajstić information content (AvgIpc) is 3.29. The third kappa shape index (κ3) is 4.75. The van der Waals surface area contributed by atoms with Crippen molar-refractivity contribution in [3.05, 3.63) is 62.9 Å². The Balaban J connectivity index is 2.12. The molecule has 6 heteroatoms. The Bertz CT molecular complexity index is 1000. The van der Waals surface area contributed by atoms with Crippen molar-refractivity contribution >= 4 is 28.8 Å². The number of hydrogen-bond donors (Lipinski definition) is 1. The van der Waals surface area contributed by atoms with Crippen molar-refractivity contribution in [1.29, 1.82) is 0 Å². The summed E-state index contributed by atoms with van der Waals surface area (Å²) in [4.78, 5) is 30.6. The molecule has 166 valence electrons. The molecule has 2 aromatic rings. The second kappa shape index (κ2) is 8.97. The Labute approximate surface area is 189 Å². The van der Waals surface area contributed by atoms with Crippen molar-refractivity contribution in [3.63, 3.8) is 0 Å². The number of rotatable bonds is 6. The van der Waals surface area contributed by atoms with E-state index in [1.165, 1.54) is 11.3 Å².